The molecular weight excluding hydrogens is 180 g/mol. The van der Waals surface area contributed by atoms with Crippen LogP contribution >= 0.6 is 0 Å². The SMILES string of the molecule is CCOC(=O)/C(C)=C\c1ccc(C)o1. The van der Waals surface area contributed by atoms with Crippen molar-refractivity contribution < 1.29 is 13.9 Å². The van der Waals surface area contributed by atoms with Crippen molar-refractivity contribution in [2.75, 3.05) is 6.61 Å². The first kappa shape index (κ1) is 10.6. The van der Waals surface area contributed by atoms with E-state index in [0.717, 1.165) is 5.76 Å². The van der Waals surface area contributed by atoms with Gasteiger partial charge in [-0.3, -0.25) is 0 Å². The molecule has 0 unspecified atom stereocenters. The molecule has 1 rings (SSSR count). The van der Waals surface area contributed by atoms with Gasteiger partial charge in [-0.2, -0.15) is 0 Å². The van der Waals surface area contributed by atoms with Crippen molar-refractivity contribution in [1.82, 2.24) is 0 Å². The Hall–Kier alpha value is -1.51. The number of esters is 1. The molecule has 0 spiro atoms. The monoisotopic (exact) mass is 194 g/mol. The zero-order valence-corrected chi connectivity index (χ0v) is 8.66. The lowest BCUT2D eigenvalue weighted by Gasteiger charge is -1.99. The highest BCUT2D eigenvalue weighted by Crippen LogP contribution is 2.11. The van der Waals surface area contributed by atoms with Crippen LogP contribution in [0.4, 0.5) is 0 Å². The van der Waals surface area contributed by atoms with Gasteiger partial charge in [0.2, 0.25) is 0 Å². The van der Waals surface area contributed by atoms with Crippen molar-refractivity contribution in [1.29, 1.82) is 0 Å². The van der Waals surface area contributed by atoms with Crippen molar-refractivity contribution in [3.05, 3.63) is 29.2 Å². The van der Waals surface area contributed by atoms with Gasteiger partial charge in [0.1, 0.15) is 11.5 Å². The standard InChI is InChI=1S/C11H14O3/c1-4-13-11(12)8(2)7-10-6-5-9(3)14-10/h5-7H,4H2,1-3H3/b8-7-. The first-order chi connectivity index (χ1) is 6.63. The molecule has 3 heteroatoms. The molecule has 0 bridgehead atoms. The Morgan fingerprint density at radius 2 is 2.29 bits per heavy atom. The van der Waals surface area contributed by atoms with Crippen LogP contribution in [0.25, 0.3) is 6.08 Å². The van der Waals surface area contributed by atoms with E-state index in [1.807, 2.05) is 19.1 Å². The fraction of sp³-hybridized carbons (Fsp3) is 0.364. The van der Waals surface area contributed by atoms with Gasteiger partial charge in [-0.15, -0.1) is 0 Å². The van der Waals surface area contributed by atoms with Crippen molar-refractivity contribution in [3.8, 4) is 0 Å². The second kappa shape index (κ2) is 4.65. The van der Waals surface area contributed by atoms with E-state index in [1.165, 1.54) is 0 Å². The van der Waals surface area contributed by atoms with Gasteiger partial charge < -0.3 is 9.15 Å². The third-order valence-corrected chi connectivity index (χ3v) is 1.72. The Bertz CT molecular complexity index is 347. The minimum atomic E-state index is -0.304. The number of rotatable bonds is 3. The van der Waals surface area contributed by atoms with Gasteiger partial charge in [0, 0.05) is 5.57 Å². The third-order valence-electron chi connectivity index (χ3n) is 1.72. The summed E-state index contributed by atoms with van der Waals surface area (Å²) in [5, 5.41) is 0. The summed E-state index contributed by atoms with van der Waals surface area (Å²) in [7, 11) is 0. The number of carbonyl (C=O) groups is 1. The maximum atomic E-state index is 11.2. The van der Waals surface area contributed by atoms with Gasteiger partial charge in [0.15, 0.2) is 0 Å². The van der Waals surface area contributed by atoms with E-state index in [9.17, 15) is 4.79 Å². The molecule has 0 N–H and O–H groups in total. The van der Waals surface area contributed by atoms with Crippen LogP contribution in [0.1, 0.15) is 25.4 Å². The summed E-state index contributed by atoms with van der Waals surface area (Å²) in [5.41, 5.74) is 0.543. The molecule has 1 aromatic heterocycles. The average molecular weight is 194 g/mol. The Morgan fingerprint density at radius 1 is 1.57 bits per heavy atom. The molecule has 1 aromatic rings. The van der Waals surface area contributed by atoms with Crippen LogP contribution in [0.15, 0.2) is 22.1 Å². The molecule has 0 aliphatic carbocycles. The highest BCUT2D eigenvalue weighted by atomic mass is 16.5. The van der Waals surface area contributed by atoms with E-state index in [0.29, 0.717) is 17.9 Å². The lowest BCUT2D eigenvalue weighted by atomic mass is 10.2. The van der Waals surface area contributed by atoms with Gasteiger partial charge in [0.05, 0.1) is 6.61 Å². The fourth-order valence-corrected chi connectivity index (χ4v) is 1.05. The van der Waals surface area contributed by atoms with Crippen molar-refractivity contribution in [2.45, 2.75) is 20.8 Å². The molecule has 3 nitrogen and oxygen atoms in total. The van der Waals surface area contributed by atoms with E-state index < -0.39 is 0 Å². The molecular formula is C11H14O3. The summed E-state index contributed by atoms with van der Waals surface area (Å²) in [5.74, 6) is 1.20. The number of ether oxygens (including phenoxy) is 1. The van der Waals surface area contributed by atoms with Crippen molar-refractivity contribution in [3.63, 3.8) is 0 Å². The average Bonchev–Trinajstić information content (AvgIpc) is 2.51. The maximum absolute atomic E-state index is 11.2. The quantitative estimate of drug-likeness (QED) is 0.548. The smallest absolute Gasteiger partial charge is 0.333 e. The van der Waals surface area contributed by atoms with Crippen LogP contribution in [0.3, 0.4) is 0 Å². The van der Waals surface area contributed by atoms with Crippen LogP contribution in [-0.4, -0.2) is 12.6 Å². The third kappa shape index (κ3) is 2.76. The highest BCUT2D eigenvalue weighted by molar-refractivity contribution is 5.92. The van der Waals surface area contributed by atoms with Gasteiger partial charge >= 0.3 is 5.97 Å². The molecule has 0 saturated carbocycles. The van der Waals surface area contributed by atoms with Gasteiger partial charge in [-0.1, -0.05) is 0 Å². The Morgan fingerprint density at radius 3 is 2.79 bits per heavy atom. The van der Waals surface area contributed by atoms with E-state index in [4.69, 9.17) is 9.15 Å². The Balaban J connectivity index is 2.73. The minimum absolute atomic E-state index is 0.304. The predicted octanol–water partition coefficient (Wildman–Crippen LogP) is 2.55. The zero-order valence-electron chi connectivity index (χ0n) is 8.66. The zero-order chi connectivity index (χ0) is 10.6. The molecule has 0 radical (unpaired) electrons. The summed E-state index contributed by atoms with van der Waals surface area (Å²) in [6.45, 7) is 5.73. The summed E-state index contributed by atoms with van der Waals surface area (Å²) in [4.78, 5) is 11.2. The number of hydrogen-bond acceptors (Lipinski definition) is 3. The van der Waals surface area contributed by atoms with Crippen LogP contribution in [0.5, 0.6) is 0 Å². The van der Waals surface area contributed by atoms with E-state index >= 15 is 0 Å². The molecule has 14 heavy (non-hydrogen) atoms. The normalized spacial score (nSPS) is 11.5. The molecule has 0 aliphatic rings. The molecule has 76 valence electrons. The van der Waals surface area contributed by atoms with E-state index in [2.05, 4.69) is 0 Å². The minimum Gasteiger partial charge on any atom is -0.463 e. The lowest BCUT2D eigenvalue weighted by Crippen LogP contribution is -2.04. The molecule has 0 saturated heterocycles. The molecule has 0 aliphatic heterocycles. The van der Waals surface area contributed by atoms with Crippen molar-refractivity contribution in [2.24, 2.45) is 0 Å². The highest BCUT2D eigenvalue weighted by Gasteiger charge is 2.05. The van der Waals surface area contributed by atoms with Crippen LogP contribution in [-0.2, 0) is 9.53 Å². The van der Waals surface area contributed by atoms with Crippen LogP contribution in [0, 0.1) is 6.92 Å². The fourth-order valence-electron chi connectivity index (χ4n) is 1.05. The first-order valence-corrected chi connectivity index (χ1v) is 4.55. The van der Waals surface area contributed by atoms with Gasteiger partial charge in [-0.25, -0.2) is 4.79 Å². The molecule has 1 heterocycles. The predicted molar refractivity (Wildman–Crippen MR) is 53.7 cm³/mol. The number of furan rings is 1. The van der Waals surface area contributed by atoms with E-state index in [-0.39, 0.29) is 5.97 Å². The molecule has 0 fully saturated rings. The lowest BCUT2D eigenvalue weighted by molar-refractivity contribution is -0.138. The molecule has 0 amide bonds. The maximum Gasteiger partial charge on any atom is 0.333 e. The number of aryl methyl sites for hydroxylation is 1. The second-order valence-corrected chi connectivity index (χ2v) is 3.00. The van der Waals surface area contributed by atoms with Gasteiger partial charge in [-0.05, 0) is 39.0 Å². The van der Waals surface area contributed by atoms with Crippen LogP contribution < -0.4 is 0 Å². The summed E-state index contributed by atoms with van der Waals surface area (Å²) < 4.78 is 10.1. The Labute approximate surface area is 83.4 Å². The second-order valence-electron chi connectivity index (χ2n) is 3.00. The largest absolute Gasteiger partial charge is 0.463 e. The summed E-state index contributed by atoms with van der Waals surface area (Å²) >= 11 is 0. The summed E-state index contributed by atoms with van der Waals surface area (Å²) in [6.07, 6.45) is 1.67. The van der Waals surface area contributed by atoms with Gasteiger partial charge in [0.25, 0.3) is 0 Å². The number of hydrogen-bond donors (Lipinski definition) is 0. The number of carbonyl (C=O) groups excluding carboxylic acids is 1. The van der Waals surface area contributed by atoms with Crippen molar-refractivity contribution >= 4 is 12.0 Å². The first-order valence-electron chi connectivity index (χ1n) is 4.55. The summed E-state index contributed by atoms with van der Waals surface area (Å²) in [6, 6.07) is 3.67. The molecule has 0 atom stereocenters. The Kier molecular flexibility index (Phi) is 3.51. The topological polar surface area (TPSA) is 39.4 Å². The van der Waals surface area contributed by atoms with E-state index in [1.54, 1.807) is 19.9 Å². The van der Waals surface area contributed by atoms with Crippen LogP contribution in [0.2, 0.25) is 0 Å². The molecule has 0 aromatic carbocycles.